The van der Waals surface area contributed by atoms with Crippen molar-refractivity contribution in [1.29, 1.82) is 0 Å². The molecular formula is C24H24N6O3. The fourth-order valence-electron chi connectivity index (χ4n) is 3.68. The average Bonchev–Trinajstić information content (AvgIpc) is 3.17. The summed E-state index contributed by atoms with van der Waals surface area (Å²) in [7, 11) is 1.51. The second-order valence-corrected chi connectivity index (χ2v) is 7.98. The molecule has 3 N–H and O–H groups in total. The van der Waals surface area contributed by atoms with Crippen LogP contribution in [0, 0.1) is 6.92 Å². The van der Waals surface area contributed by atoms with Gasteiger partial charge < -0.3 is 15.7 Å². The highest BCUT2D eigenvalue weighted by Crippen LogP contribution is 2.29. The van der Waals surface area contributed by atoms with E-state index in [9.17, 15) is 14.7 Å². The zero-order valence-corrected chi connectivity index (χ0v) is 18.6. The van der Waals surface area contributed by atoms with Gasteiger partial charge in [0.1, 0.15) is 0 Å². The van der Waals surface area contributed by atoms with Crippen molar-refractivity contribution in [1.82, 2.24) is 24.4 Å². The van der Waals surface area contributed by atoms with Crippen molar-refractivity contribution < 1.29 is 14.7 Å². The first-order valence-electron chi connectivity index (χ1n) is 10.4. The Morgan fingerprint density at radius 3 is 2.52 bits per heavy atom. The van der Waals surface area contributed by atoms with E-state index in [0.717, 1.165) is 22.2 Å². The van der Waals surface area contributed by atoms with Gasteiger partial charge in [-0.1, -0.05) is 6.07 Å². The summed E-state index contributed by atoms with van der Waals surface area (Å²) in [5.74, 6) is -0.550. The van der Waals surface area contributed by atoms with E-state index in [1.54, 1.807) is 54.5 Å². The Balaban J connectivity index is 1.78. The molecule has 0 aliphatic heterocycles. The lowest BCUT2D eigenvalue weighted by atomic mass is 10.1. The lowest BCUT2D eigenvalue weighted by Gasteiger charge is -2.15. The molecule has 168 valence electrons. The number of primary amides is 1. The van der Waals surface area contributed by atoms with Gasteiger partial charge in [-0.05, 0) is 43.7 Å². The molecule has 9 nitrogen and oxygen atoms in total. The first-order valence-corrected chi connectivity index (χ1v) is 10.4. The predicted octanol–water partition coefficient (Wildman–Crippen LogP) is 2.40. The summed E-state index contributed by atoms with van der Waals surface area (Å²) >= 11 is 0. The average molecular weight is 444 g/mol. The highest BCUT2D eigenvalue weighted by molar-refractivity contribution is 6.00. The van der Waals surface area contributed by atoms with Crippen LogP contribution in [-0.4, -0.2) is 54.9 Å². The molecule has 33 heavy (non-hydrogen) atoms. The molecule has 0 fully saturated rings. The molecule has 0 saturated heterocycles. The van der Waals surface area contributed by atoms with Crippen LogP contribution in [0.2, 0.25) is 0 Å². The molecule has 3 heterocycles. The smallest absolute Gasteiger partial charge is 0.254 e. The summed E-state index contributed by atoms with van der Waals surface area (Å²) in [6.45, 7) is 3.48. The van der Waals surface area contributed by atoms with E-state index >= 15 is 0 Å². The number of aromatic nitrogens is 4. The monoisotopic (exact) mass is 444 g/mol. The van der Waals surface area contributed by atoms with E-state index in [4.69, 9.17) is 5.73 Å². The Bertz CT molecular complexity index is 1340. The second-order valence-electron chi connectivity index (χ2n) is 7.98. The van der Waals surface area contributed by atoms with Gasteiger partial charge in [0, 0.05) is 53.9 Å². The number of benzene rings is 1. The van der Waals surface area contributed by atoms with Crippen LogP contribution in [0.1, 0.15) is 34.5 Å². The summed E-state index contributed by atoms with van der Waals surface area (Å²) in [5.41, 5.74) is 9.56. The quantitative estimate of drug-likeness (QED) is 0.470. The van der Waals surface area contributed by atoms with Crippen molar-refractivity contribution in [3.63, 3.8) is 0 Å². The Labute approximate surface area is 190 Å². The minimum Gasteiger partial charge on any atom is -0.389 e. The van der Waals surface area contributed by atoms with E-state index < -0.39 is 12.0 Å². The number of carbonyl (C=O) groups is 2. The van der Waals surface area contributed by atoms with Crippen molar-refractivity contribution in [2.75, 3.05) is 13.6 Å². The lowest BCUT2D eigenvalue weighted by Crippen LogP contribution is -2.35. The normalized spacial score (nSPS) is 12.0. The number of aliphatic hydroxyl groups excluding tert-OH is 1. The molecule has 0 saturated carbocycles. The second kappa shape index (κ2) is 8.79. The Kier molecular flexibility index (Phi) is 5.89. The molecule has 9 heteroatoms. The summed E-state index contributed by atoms with van der Waals surface area (Å²) in [6.07, 6.45) is 6.14. The Hall–Kier alpha value is -4.11. The highest BCUT2D eigenvalue weighted by atomic mass is 16.3. The number of likely N-dealkylation sites (N-methyl/N-ethyl adjacent to an activating group) is 1. The van der Waals surface area contributed by atoms with Crippen molar-refractivity contribution >= 4 is 22.7 Å². The van der Waals surface area contributed by atoms with E-state index in [1.807, 2.05) is 19.1 Å². The number of fused-ring (bicyclic) bond motifs is 1. The van der Waals surface area contributed by atoms with Crippen LogP contribution in [0.3, 0.4) is 0 Å². The standard InChI is InChI=1S/C24H24N6O3/c1-14-6-7-26-20(8-14)17-10-27-24(28-11-17)30-12-19(15(2)31)18-5-4-16(9-21(18)30)23(33)29(3)13-22(25)32/h4-12,15,31H,13H2,1-3H3,(H2,25,32). The number of hydrogen-bond acceptors (Lipinski definition) is 6. The maximum Gasteiger partial charge on any atom is 0.254 e. The number of aliphatic hydroxyl groups is 1. The Morgan fingerprint density at radius 1 is 1.15 bits per heavy atom. The first-order chi connectivity index (χ1) is 15.7. The third-order valence-corrected chi connectivity index (χ3v) is 5.34. The van der Waals surface area contributed by atoms with Crippen LogP contribution in [0.5, 0.6) is 0 Å². The van der Waals surface area contributed by atoms with Gasteiger partial charge in [0.15, 0.2) is 0 Å². The third-order valence-electron chi connectivity index (χ3n) is 5.34. The number of amides is 2. The van der Waals surface area contributed by atoms with Gasteiger partial charge >= 0.3 is 0 Å². The van der Waals surface area contributed by atoms with E-state index in [2.05, 4.69) is 15.0 Å². The van der Waals surface area contributed by atoms with Crippen LogP contribution >= 0.6 is 0 Å². The number of pyridine rings is 1. The van der Waals surface area contributed by atoms with Crippen LogP contribution in [-0.2, 0) is 4.79 Å². The van der Waals surface area contributed by atoms with Crippen LogP contribution in [0.15, 0.2) is 55.1 Å². The topological polar surface area (TPSA) is 127 Å². The van der Waals surface area contributed by atoms with Crippen molar-refractivity contribution in [3.05, 3.63) is 71.8 Å². The van der Waals surface area contributed by atoms with Gasteiger partial charge in [-0.2, -0.15) is 0 Å². The molecule has 2 amide bonds. The SMILES string of the molecule is Cc1ccnc(-c2cnc(-n3cc(C(C)O)c4ccc(C(=O)N(C)CC(N)=O)cc43)nc2)c1. The van der Waals surface area contributed by atoms with Crippen LogP contribution < -0.4 is 5.73 Å². The highest BCUT2D eigenvalue weighted by Gasteiger charge is 2.19. The van der Waals surface area contributed by atoms with E-state index in [1.165, 1.54) is 11.9 Å². The van der Waals surface area contributed by atoms with Crippen molar-refractivity contribution in [3.8, 4) is 17.2 Å². The summed E-state index contributed by atoms with van der Waals surface area (Å²) < 4.78 is 1.73. The molecule has 0 spiro atoms. The van der Waals surface area contributed by atoms with Crippen LogP contribution in [0.4, 0.5) is 0 Å². The number of hydrogen-bond donors (Lipinski definition) is 2. The maximum absolute atomic E-state index is 12.8. The lowest BCUT2D eigenvalue weighted by molar-refractivity contribution is -0.118. The summed E-state index contributed by atoms with van der Waals surface area (Å²) in [6, 6.07) is 8.99. The molecule has 4 aromatic rings. The predicted molar refractivity (Wildman–Crippen MR) is 124 cm³/mol. The number of aryl methyl sites for hydroxylation is 1. The third kappa shape index (κ3) is 4.44. The number of rotatable bonds is 6. The number of nitrogens with two attached hydrogens (primary N) is 1. The molecular weight excluding hydrogens is 420 g/mol. The largest absolute Gasteiger partial charge is 0.389 e. The minimum absolute atomic E-state index is 0.186. The summed E-state index contributed by atoms with van der Waals surface area (Å²) in [4.78, 5) is 38.6. The van der Waals surface area contributed by atoms with Gasteiger partial charge in [-0.3, -0.25) is 19.1 Å². The molecule has 4 rings (SSSR count). The van der Waals surface area contributed by atoms with E-state index in [0.29, 0.717) is 22.6 Å². The molecule has 1 unspecified atom stereocenters. The number of carbonyl (C=O) groups excluding carboxylic acids is 2. The number of nitrogens with zero attached hydrogens (tertiary/aromatic N) is 5. The molecule has 3 aromatic heterocycles. The molecule has 0 aliphatic carbocycles. The molecule has 1 aromatic carbocycles. The van der Waals surface area contributed by atoms with Gasteiger partial charge in [-0.25, -0.2) is 9.97 Å². The Morgan fingerprint density at radius 2 is 1.88 bits per heavy atom. The molecule has 1 atom stereocenters. The van der Waals surface area contributed by atoms with Crippen molar-refractivity contribution in [2.24, 2.45) is 5.73 Å². The molecule has 0 bridgehead atoms. The maximum atomic E-state index is 12.8. The zero-order chi connectivity index (χ0) is 23.7. The van der Waals surface area contributed by atoms with Gasteiger partial charge in [0.2, 0.25) is 11.9 Å². The van der Waals surface area contributed by atoms with Crippen molar-refractivity contribution in [2.45, 2.75) is 20.0 Å². The van der Waals surface area contributed by atoms with Gasteiger partial charge in [-0.15, -0.1) is 0 Å². The van der Waals surface area contributed by atoms with Crippen LogP contribution in [0.25, 0.3) is 28.1 Å². The zero-order valence-electron chi connectivity index (χ0n) is 18.6. The first kappa shape index (κ1) is 22.1. The minimum atomic E-state index is -0.733. The molecule has 0 aliphatic rings. The fraction of sp³-hybridized carbons (Fsp3) is 0.208. The fourth-order valence-corrected chi connectivity index (χ4v) is 3.68. The van der Waals surface area contributed by atoms with Gasteiger partial charge in [0.05, 0.1) is 23.9 Å². The molecule has 0 radical (unpaired) electrons. The van der Waals surface area contributed by atoms with Gasteiger partial charge in [0.25, 0.3) is 5.91 Å². The van der Waals surface area contributed by atoms with E-state index in [-0.39, 0.29) is 12.5 Å². The summed E-state index contributed by atoms with van der Waals surface area (Å²) in [5, 5.41) is 11.0.